The summed E-state index contributed by atoms with van der Waals surface area (Å²) in [5, 5.41) is 8.92. The average molecular weight is 237 g/mol. The van der Waals surface area contributed by atoms with E-state index in [0.29, 0.717) is 13.1 Å². The molecule has 17 heavy (non-hydrogen) atoms. The van der Waals surface area contributed by atoms with Gasteiger partial charge in [-0.25, -0.2) is 4.79 Å². The van der Waals surface area contributed by atoms with Crippen LogP contribution in [0.2, 0.25) is 0 Å². The molecular weight excluding hydrogens is 218 g/mol. The van der Waals surface area contributed by atoms with E-state index in [-0.39, 0.29) is 16.6 Å². The van der Waals surface area contributed by atoms with E-state index in [4.69, 9.17) is 5.11 Å². The van der Waals surface area contributed by atoms with Crippen LogP contribution < -0.4 is 0 Å². The number of ketones is 1. The van der Waals surface area contributed by atoms with E-state index in [2.05, 4.69) is 0 Å². The molecule has 0 aromatic heterocycles. The second-order valence-corrected chi connectivity index (χ2v) is 5.89. The Bertz CT molecular complexity index is 376. The fraction of sp³-hybridized carbons (Fsp3) is 0.692. The topological polar surface area (TPSA) is 57.6 Å². The molecule has 0 saturated carbocycles. The van der Waals surface area contributed by atoms with Gasteiger partial charge in [0.1, 0.15) is 0 Å². The first-order valence-electron chi connectivity index (χ1n) is 6.06. The van der Waals surface area contributed by atoms with E-state index in [1.807, 2.05) is 19.9 Å². The summed E-state index contributed by atoms with van der Waals surface area (Å²) in [4.78, 5) is 24.0. The number of allylic oxidation sites excluding steroid dienone is 2. The molecule has 1 amide bonds. The van der Waals surface area contributed by atoms with Crippen LogP contribution in [0.1, 0.15) is 33.1 Å². The highest BCUT2D eigenvalue weighted by Crippen LogP contribution is 2.46. The second kappa shape index (κ2) is 3.86. The van der Waals surface area contributed by atoms with Crippen LogP contribution in [-0.2, 0) is 4.79 Å². The van der Waals surface area contributed by atoms with Gasteiger partial charge in [0.25, 0.3) is 0 Å². The van der Waals surface area contributed by atoms with Gasteiger partial charge < -0.3 is 10.0 Å². The third kappa shape index (κ3) is 2.21. The zero-order chi connectivity index (χ0) is 12.7. The molecule has 1 heterocycles. The zero-order valence-corrected chi connectivity index (χ0v) is 10.4. The van der Waals surface area contributed by atoms with E-state index < -0.39 is 6.09 Å². The number of hydrogen-bond acceptors (Lipinski definition) is 2. The van der Waals surface area contributed by atoms with Crippen molar-refractivity contribution in [2.75, 3.05) is 13.1 Å². The van der Waals surface area contributed by atoms with E-state index >= 15 is 0 Å². The van der Waals surface area contributed by atoms with Crippen LogP contribution in [0, 0.1) is 10.8 Å². The predicted molar refractivity (Wildman–Crippen MR) is 63.8 cm³/mol. The maximum absolute atomic E-state index is 11.7. The first-order valence-corrected chi connectivity index (χ1v) is 6.06. The largest absolute Gasteiger partial charge is 0.465 e. The molecule has 0 aromatic carbocycles. The Kier molecular flexibility index (Phi) is 2.76. The van der Waals surface area contributed by atoms with E-state index in [9.17, 15) is 9.59 Å². The summed E-state index contributed by atoms with van der Waals surface area (Å²) in [5.41, 5.74) is -0.274. The summed E-state index contributed by atoms with van der Waals surface area (Å²) in [6.07, 6.45) is 5.36. The Morgan fingerprint density at radius 3 is 2.41 bits per heavy atom. The first kappa shape index (κ1) is 12.1. The van der Waals surface area contributed by atoms with E-state index in [1.165, 1.54) is 4.90 Å². The SMILES string of the molecule is CC1(C)CC2(C=CC1=O)CCN(C(=O)O)CC2. The highest BCUT2D eigenvalue weighted by atomic mass is 16.4. The standard InChI is InChI=1S/C13H19NO3/c1-12(2)9-13(4-3-10(12)15)5-7-14(8-6-13)11(16)17/h3-4H,5-9H2,1-2H3,(H,16,17). The molecule has 0 bridgehead atoms. The Balaban J connectivity index is 2.11. The van der Waals surface area contributed by atoms with Crippen molar-refractivity contribution >= 4 is 11.9 Å². The number of amides is 1. The lowest BCUT2D eigenvalue weighted by molar-refractivity contribution is -0.125. The van der Waals surface area contributed by atoms with Crippen LogP contribution in [0.3, 0.4) is 0 Å². The molecule has 94 valence electrons. The van der Waals surface area contributed by atoms with Gasteiger partial charge in [0.05, 0.1) is 0 Å². The molecular formula is C13H19NO3. The van der Waals surface area contributed by atoms with Crippen molar-refractivity contribution in [3.63, 3.8) is 0 Å². The van der Waals surface area contributed by atoms with Gasteiger partial charge in [-0.15, -0.1) is 0 Å². The molecule has 0 aromatic rings. The molecule has 1 aliphatic carbocycles. The van der Waals surface area contributed by atoms with Crippen molar-refractivity contribution in [3.8, 4) is 0 Å². The molecule has 1 spiro atoms. The fourth-order valence-corrected chi connectivity index (χ4v) is 2.99. The number of hydrogen-bond donors (Lipinski definition) is 1. The molecule has 1 saturated heterocycles. The van der Waals surface area contributed by atoms with Crippen LogP contribution in [0.5, 0.6) is 0 Å². The molecule has 1 fully saturated rings. The van der Waals surface area contributed by atoms with Crippen molar-refractivity contribution in [2.24, 2.45) is 10.8 Å². The summed E-state index contributed by atoms with van der Waals surface area (Å²) >= 11 is 0. The van der Waals surface area contributed by atoms with Crippen LogP contribution >= 0.6 is 0 Å². The van der Waals surface area contributed by atoms with Crippen molar-refractivity contribution in [1.29, 1.82) is 0 Å². The number of piperidine rings is 1. The van der Waals surface area contributed by atoms with Crippen molar-refractivity contribution in [3.05, 3.63) is 12.2 Å². The third-order valence-corrected chi connectivity index (χ3v) is 4.08. The minimum Gasteiger partial charge on any atom is -0.465 e. The second-order valence-electron chi connectivity index (χ2n) is 5.89. The molecule has 0 atom stereocenters. The highest BCUT2D eigenvalue weighted by molar-refractivity contribution is 5.95. The average Bonchev–Trinajstić information content (AvgIpc) is 2.24. The molecule has 1 N–H and O–H groups in total. The molecule has 2 aliphatic rings. The van der Waals surface area contributed by atoms with Crippen molar-refractivity contribution in [2.45, 2.75) is 33.1 Å². The van der Waals surface area contributed by atoms with Gasteiger partial charge in [-0.3, -0.25) is 4.79 Å². The number of nitrogens with zero attached hydrogens (tertiary/aromatic N) is 1. The molecule has 1 aliphatic heterocycles. The van der Waals surface area contributed by atoms with Gasteiger partial charge in [0, 0.05) is 18.5 Å². The van der Waals surface area contributed by atoms with Gasteiger partial charge in [0.2, 0.25) is 0 Å². The minimum absolute atomic E-state index is 0.0311. The summed E-state index contributed by atoms with van der Waals surface area (Å²) in [6, 6.07) is 0. The Hall–Kier alpha value is -1.32. The third-order valence-electron chi connectivity index (χ3n) is 4.08. The van der Waals surface area contributed by atoms with E-state index in [0.717, 1.165) is 19.3 Å². The van der Waals surface area contributed by atoms with Gasteiger partial charge >= 0.3 is 6.09 Å². The van der Waals surface area contributed by atoms with Gasteiger partial charge in [-0.1, -0.05) is 19.9 Å². The fourth-order valence-electron chi connectivity index (χ4n) is 2.99. The maximum atomic E-state index is 11.7. The molecule has 4 nitrogen and oxygen atoms in total. The Labute approximate surface area is 101 Å². The van der Waals surface area contributed by atoms with Gasteiger partial charge in [0.15, 0.2) is 5.78 Å². The lowest BCUT2D eigenvalue weighted by Crippen LogP contribution is -2.45. The summed E-state index contributed by atoms with van der Waals surface area (Å²) in [5.74, 6) is 0.184. The van der Waals surface area contributed by atoms with Crippen molar-refractivity contribution in [1.82, 2.24) is 4.90 Å². The summed E-state index contributed by atoms with van der Waals surface area (Å²) in [6.45, 7) is 5.10. The number of likely N-dealkylation sites (tertiary alicyclic amines) is 1. The lowest BCUT2D eigenvalue weighted by atomic mass is 9.63. The molecule has 0 radical (unpaired) electrons. The van der Waals surface area contributed by atoms with Gasteiger partial charge in [-0.05, 0) is 30.8 Å². The predicted octanol–water partition coefficient (Wildman–Crippen LogP) is 2.30. The van der Waals surface area contributed by atoms with Gasteiger partial charge in [-0.2, -0.15) is 0 Å². The quantitative estimate of drug-likeness (QED) is 0.703. The van der Waals surface area contributed by atoms with Crippen LogP contribution in [-0.4, -0.2) is 35.0 Å². The first-order chi connectivity index (χ1) is 7.85. The molecule has 2 rings (SSSR count). The normalized spacial score (nSPS) is 26.2. The maximum Gasteiger partial charge on any atom is 0.407 e. The number of rotatable bonds is 0. The smallest absolute Gasteiger partial charge is 0.407 e. The number of carbonyl (C=O) groups excluding carboxylic acids is 1. The molecule has 0 unspecified atom stereocenters. The highest BCUT2D eigenvalue weighted by Gasteiger charge is 2.43. The zero-order valence-electron chi connectivity index (χ0n) is 10.4. The van der Waals surface area contributed by atoms with Crippen LogP contribution in [0.25, 0.3) is 0 Å². The summed E-state index contributed by atoms with van der Waals surface area (Å²) in [7, 11) is 0. The lowest BCUT2D eigenvalue weighted by Gasteiger charge is -2.45. The summed E-state index contributed by atoms with van der Waals surface area (Å²) < 4.78 is 0. The Morgan fingerprint density at radius 1 is 1.35 bits per heavy atom. The molecule has 4 heteroatoms. The minimum atomic E-state index is -0.838. The monoisotopic (exact) mass is 237 g/mol. The van der Waals surface area contributed by atoms with E-state index in [1.54, 1.807) is 6.08 Å². The van der Waals surface area contributed by atoms with Crippen LogP contribution in [0.4, 0.5) is 4.79 Å². The van der Waals surface area contributed by atoms with Crippen molar-refractivity contribution < 1.29 is 14.7 Å². The Morgan fingerprint density at radius 2 is 1.94 bits per heavy atom. The number of carboxylic acid groups (broad SMARTS) is 1. The number of carbonyl (C=O) groups is 2. The van der Waals surface area contributed by atoms with Crippen LogP contribution in [0.15, 0.2) is 12.2 Å².